The molecule has 3 nitrogen and oxygen atoms in total. The number of hydrogen-bond donors (Lipinski definition) is 1. The number of halogens is 2. The van der Waals surface area contributed by atoms with Crippen molar-refractivity contribution in [2.24, 2.45) is 0 Å². The largest absolute Gasteiger partial charge is 0.390 e. The zero-order valence-electron chi connectivity index (χ0n) is 9.79. The fraction of sp³-hybridized carbons (Fsp3) is 0.583. The van der Waals surface area contributed by atoms with E-state index in [0.717, 1.165) is 19.4 Å². The molecule has 0 aromatic carbocycles. The lowest BCUT2D eigenvalue weighted by atomic mass is 9.98. The Labute approximate surface area is 109 Å². The van der Waals surface area contributed by atoms with Crippen LogP contribution in [0.5, 0.6) is 0 Å². The molecular weight excluding hydrogens is 287 g/mol. The first-order chi connectivity index (χ1) is 7.98. The molecule has 17 heavy (non-hydrogen) atoms. The molecule has 0 radical (unpaired) electrons. The van der Waals surface area contributed by atoms with Crippen LogP contribution in [0.25, 0.3) is 0 Å². The summed E-state index contributed by atoms with van der Waals surface area (Å²) in [5, 5.41) is 9.98. The standard InChI is InChI=1S/C12H16BrFN2O/c1-12(17)3-2-5-16(6-4-12)11-10(14)7-9(13)8-15-11/h7-8,17H,2-6H2,1H3. The van der Waals surface area contributed by atoms with Gasteiger partial charge in [0.2, 0.25) is 0 Å². The Morgan fingerprint density at radius 3 is 2.94 bits per heavy atom. The average molecular weight is 303 g/mol. The Balaban J connectivity index is 2.17. The van der Waals surface area contributed by atoms with Crippen molar-refractivity contribution in [3.8, 4) is 0 Å². The highest BCUT2D eigenvalue weighted by Crippen LogP contribution is 2.26. The maximum atomic E-state index is 13.8. The number of nitrogens with zero attached hydrogens (tertiary/aromatic N) is 2. The number of rotatable bonds is 1. The minimum atomic E-state index is -0.638. The van der Waals surface area contributed by atoms with Crippen LogP contribution in [0.4, 0.5) is 10.2 Å². The molecule has 5 heteroatoms. The summed E-state index contributed by atoms with van der Waals surface area (Å²) in [7, 11) is 0. The molecule has 0 bridgehead atoms. The summed E-state index contributed by atoms with van der Waals surface area (Å²) in [6.07, 6.45) is 3.84. The van der Waals surface area contributed by atoms with E-state index >= 15 is 0 Å². The van der Waals surface area contributed by atoms with Gasteiger partial charge in [0.05, 0.1) is 5.60 Å². The van der Waals surface area contributed by atoms with Crippen molar-refractivity contribution in [1.82, 2.24) is 4.98 Å². The summed E-state index contributed by atoms with van der Waals surface area (Å²) < 4.78 is 14.4. The van der Waals surface area contributed by atoms with E-state index in [4.69, 9.17) is 0 Å². The second kappa shape index (κ2) is 4.90. The Kier molecular flexibility index (Phi) is 3.68. The second-order valence-corrected chi connectivity index (χ2v) is 5.71. The predicted molar refractivity (Wildman–Crippen MR) is 68.6 cm³/mol. The number of aromatic nitrogens is 1. The Bertz CT molecular complexity index is 411. The quantitative estimate of drug-likeness (QED) is 0.866. The van der Waals surface area contributed by atoms with Gasteiger partial charge in [0, 0.05) is 23.8 Å². The molecule has 94 valence electrons. The van der Waals surface area contributed by atoms with Crippen LogP contribution in [0.2, 0.25) is 0 Å². The van der Waals surface area contributed by atoms with Crippen LogP contribution in [0.1, 0.15) is 26.2 Å². The van der Waals surface area contributed by atoms with Gasteiger partial charge in [0.25, 0.3) is 0 Å². The van der Waals surface area contributed by atoms with E-state index in [2.05, 4.69) is 20.9 Å². The number of anilines is 1. The predicted octanol–water partition coefficient (Wildman–Crippen LogP) is 2.72. The fourth-order valence-corrected chi connectivity index (χ4v) is 2.42. The molecule has 1 atom stereocenters. The van der Waals surface area contributed by atoms with E-state index in [9.17, 15) is 9.50 Å². The summed E-state index contributed by atoms with van der Waals surface area (Å²) in [5.74, 6) is 0.0619. The zero-order valence-corrected chi connectivity index (χ0v) is 11.4. The van der Waals surface area contributed by atoms with E-state index < -0.39 is 5.60 Å². The molecule has 1 fully saturated rings. The minimum Gasteiger partial charge on any atom is -0.390 e. The van der Waals surface area contributed by atoms with E-state index in [1.165, 1.54) is 6.07 Å². The lowest BCUT2D eigenvalue weighted by Gasteiger charge is -2.23. The smallest absolute Gasteiger partial charge is 0.166 e. The molecule has 1 N–H and O–H groups in total. The van der Waals surface area contributed by atoms with Crippen molar-refractivity contribution in [3.63, 3.8) is 0 Å². The van der Waals surface area contributed by atoms with E-state index in [-0.39, 0.29) is 5.82 Å². The lowest BCUT2D eigenvalue weighted by molar-refractivity contribution is 0.0481. The molecule has 2 rings (SSSR count). The number of pyridine rings is 1. The van der Waals surface area contributed by atoms with Gasteiger partial charge >= 0.3 is 0 Å². The van der Waals surface area contributed by atoms with Gasteiger partial charge in [-0.2, -0.15) is 0 Å². The maximum absolute atomic E-state index is 13.8. The Morgan fingerprint density at radius 2 is 2.24 bits per heavy atom. The van der Waals surface area contributed by atoms with Gasteiger partial charge in [-0.05, 0) is 48.2 Å². The molecule has 1 aliphatic rings. The van der Waals surface area contributed by atoms with E-state index in [1.54, 1.807) is 6.20 Å². The van der Waals surface area contributed by atoms with Crippen LogP contribution >= 0.6 is 15.9 Å². The summed E-state index contributed by atoms with van der Waals surface area (Å²) in [6.45, 7) is 3.21. The topological polar surface area (TPSA) is 36.4 Å². The fourth-order valence-electron chi connectivity index (χ4n) is 2.12. The molecule has 2 heterocycles. The molecule has 0 spiro atoms. The average Bonchev–Trinajstić information content (AvgIpc) is 2.40. The van der Waals surface area contributed by atoms with Gasteiger partial charge in [0.15, 0.2) is 11.6 Å². The van der Waals surface area contributed by atoms with Crippen LogP contribution in [0.3, 0.4) is 0 Å². The van der Waals surface area contributed by atoms with Crippen LogP contribution in [-0.4, -0.2) is 28.8 Å². The van der Waals surface area contributed by atoms with Gasteiger partial charge < -0.3 is 10.0 Å². The SMILES string of the molecule is CC1(O)CCCN(c2ncc(Br)cc2F)CC1. The van der Waals surface area contributed by atoms with Gasteiger partial charge in [-0.3, -0.25) is 0 Å². The second-order valence-electron chi connectivity index (χ2n) is 4.80. The van der Waals surface area contributed by atoms with Gasteiger partial charge in [-0.25, -0.2) is 9.37 Å². The van der Waals surface area contributed by atoms with Crippen molar-refractivity contribution in [1.29, 1.82) is 0 Å². The summed E-state index contributed by atoms with van der Waals surface area (Å²) in [5.41, 5.74) is -0.638. The molecular formula is C12H16BrFN2O. The van der Waals surface area contributed by atoms with Crippen molar-refractivity contribution in [3.05, 3.63) is 22.6 Å². The highest BCUT2D eigenvalue weighted by molar-refractivity contribution is 9.10. The van der Waals surface area contributed by atoms with Crippen molar-refractivity contribution in [2.75, 3.05) is 18.0 Å². The van der Waals surface area contributed by atoms with Crippen molar-refractivity contribution in [2.45, 2.75) is 31.8 Å². The van der Waals surface area contributed by atoms with Crippen LogP contribution in [0.15, 0.2) is 16.7 Å². The summed E-state index contributed by atoms with van der Waals surface area (Å²) >= 11 is 3.19. The highest BCUT2D eigenvalue weighted by Gasteiger charge is 2.26. The third-order valence-corrected chi connectivity index (χ3v) is 3.59. The van der Waals surface area contributed by atoms with Gasteiger partial charge in [-0.15, -0.1) is 0 Å². The molecule has 0 saturated carbocycles. The summed E-state index contributed by atoms with van der Waals surface area (Å²) in [4.78, 5) is 6.02. The molecule has 1 aromatic heterocycles. The first-order valence-electron chi connectivity index (χ1n) is 5.76. The monoisotopic (exact) mass is 302 g/mol. The van der Waals surface area contributed by atoms with E-state index in [1.807, 2.05) is 11.8 Å². The summed E-state index contributed by atoms with van der Waals surface area (Å²) in [6, 6.07) is 1.42. The molecule has 0 amide bonds. The molecule has 1 aromatic rings. The highest BCUT2D eigenvalue weighted by atomic mass is 79.9. The molecule has 1 saturated heterocycles. The Morgan fingerprint density at radius 1 is 1.47 bits per heavy atom. The van der Waals surface area contributed by atoms with Crippen molar-refractivity contribution < 1.29 is 9.50 Å². The van der Waals surface area contributed by atoms with Crippen LogP contribution in [-0.2, 0) is 0 Å². The first-order valence-corrected chi connectivity index (χ1v) is 6.56. The zero-order chi connectivity index (χ0) is 12.5. The third-order valence-electron chi connectivity index (χ3n) is 3.15. The third kappa shape index (κ3) is 3.16. The minimum absolute atomic E-state index is 0.319. The van der Waals surface area contributed by atoms with Gasteiger partial charge in [-0.1, -0.05) is 0 Å². The first kappa shape index (κ1) is 12.8. The van der Waals surface area contributed by atoms with Gasteiger partial charge in [0.1, 0.15) is 0 Å². The Hall–Kier alpha value is -0.680. The normalized spacial score (nSPS) is 25.8. The van der Waals surface area contributed by atoms with Crippen molar-refractivity contribution >= 4 is 21.7 Å². The number of hydrogen-bond acceptors (Lipinski definition) is 3. The molecule has 0 aliphatic carbocycles. The van der Waals surface area contributed by atoms with Crippen LogP contribution in [0, 0.1) is 5.82 Å². The van der Waals surface area contributed by atoms with E-state index in [0.29, 0.717) is 23.3 Å². The number of aliphatic hydroxyl groups is 1. The molecule has 1 unspecified atom stereocenters. The van der Waals surface area contributed by atoms with Crippen LogP contribution < -0.4 is 4.90 Å². The molecule has 1 aliphatic heterocycles. The lowest BCUT2D eigenvalue weighted by Crippen LogP contribution is -2.29. The maximum Gasteiger partial charge on any atom is 0.166 e.